The Morgan fingerprint density at radius 2 is 2.00 bits per heavy atom. The van der Waals surface area contributed by atoms with Crippen LogP contribution in [0.15, 0.2) is 42.6 Å². The number of hydrogen-bond acceptors (Lipinski definition) is 5. The monoisotopic (exact) mass is 288 g/mol. The molecular formula is C13H12N4O2S. The lowest BCUT2D eigenvalue weighted by Gasteiger charge is -2.08. The summed E-state index contributed by atoms with van der Waals surface area (Å²) in [5, 5.41) is 8.94. The van der Waals surface area contributed by atoms with Crippen molar-refractivity contribution in [3.8, 4) is 6.07 Å². The highest BCUT2D eigenvalue weighted by Crippen LogP contribution is 2.14. The van der Waals surface area contributed by atoms with Crippen LogP contribution in [0.2, 0.25) is 0 Å². The number of anilines is 2. The third-order valence-corrected chi connectivity index (χ3v) is 3.74. The minimum atomic E-state index is -3.64. The lowest BCUT2D eigenvalue weighted by molar-refractivity contribution is 0.600. The summed E-state index contributed by atoms with van der Waals surface area (Å²) < 4.78 is 26.4. The average Bonchev–Trinajstić information content (AvgIpc) is 2.41. The maximum absolute atomic E-state index is 12.0. The molecule has 102 valence electrons. The summed E-state index contributed by atoms with van der Waals surface area (Å²) in [4.78, 5) is 3.87. The zero-order valence-electron chi connectivity index (χ0n) is 10.4. The van der Waals surface area contributed by atoms with E-state index in [0.29, 0.717) is 16.8 Å². The van der Waals surface area contributed by atoms with Gasteiger partial charge < -0.3 is 5.73 Å². The Morgan fingerprint density at radius 3 is 2.65 bits per heavy atom. The molecule has 20 heavy (non-hydrogen) atoms. The second-order valence-electron chi connectivity index (χ2n) is 4.11. The van der Waals surface area contributed by atoms with Crippen LogP contribution in [0, 0.1) is 11.3 Å². The lowest BCUT2D eigenvalue weighted by Crippen LogP contribution is -2.16. The van der Waals surface area contributed by atoms with Gasteiger partial charge in [-0.1, -0.05) is 18.2 Å². The van der Waals surface area contributed by atoms with Crippen LogP contribution in [0.25, 0.3) is 0 Å². The van der Waals surface area contributed by atoms with Crippen LogP contribution in [0.3, 0.4) is 0 Å². The van der Waals surface area contributed by atoms with Crippen LogP contribution >= 0.6 is 0 Å². The van der Waals surface area contributed by atoms with Crippen molar-refractivity contribution < 1.29 is 8.42 Å². The van der Waals surface area contributed by atoms with Crippen molar-refractivity contribution in [2.75, 3.05) is 10.5 Å². The van der Waals surface area contributed by atoms with Gasteiger partial charge in [0.2, 0.25) is 10.0 Å². The third-order valence-electron chi connectivity index (χ3n) is 2.53. The summed E-state index contributed by atoms with van der Waals surface area (Å²) in [6.45, 7) is 0. The summed E-state index contributed by atoms with van der Waals surface area (Å²) in [6.07, 6.45) is 1.36. The average molecular weight is 288 g/mol. The molecule has 2 aromatic rings. The smallest absolute Gasteiger partial charge is 0.238 e. The zero-order valence-corrected chi connectivity index (χ0v) is 11.3. The van der Waals surface area contributed by atoms with Gasteiger partial charge >= 0.3 is 0 Å². The predicted molar refractivity (Wildman–Crippen MR) is 76.1 cm³/mol. The standard InChI is InChI=1S/C13H12N4O2S/c14-7-10-3-1-2-4-11(10)9-20(18,19)17-13-6-5-12(15)8-16-13/h1-6,8H,9,15H2,(H,16,17). The Hall–Kier alpha value is -2.59. The maximum Gasteiger partial charge on any atom is 0.238 e. The Bertz CT molecular complexity index is 749. The molecule has 0 radical (unpaired) electrons. The van der Waals surface area contributed by atoms with Gasteiger partial charge in [-0.15, -0.1) is 0 Å². The van der Waals surface area contributed by atoms with E-state index in [1.54, 1.807) is 30.3 Å². The highest BCUT2D eigenvalue weighted by atomic mass is 32.2. The number of nitrogens with zero attached hydrogens (tertiary/aromatic N) is 2. The Morgan fingerprint density at radius 1 is 1.25 bits per heavy atom. The van der Waals surface area contributed by atoms with Crippen LogP contribution in [0.5, 0.6) is 0 Å². The molecule has 7 heteroatoms. The molecule has 0 amide bonds. The first-order valence-corrected chi connectivity index (χ1v) is 7.35. The lowest BCUT2D eigenvalue weighted by atomic mass is 10.1. The molecule has 0 spiro atoms. The number of pyridine rings is 1. The number of hydrogen-bond donors (Lipinski definition) is 2. The fraction of sp³-hybridized carbons (Fsp3) is 0.0769. The summed E-state index contributed by atoms with van der Waals surface area (Å²) in [7, 11) is -3.64. The molecule has 0 aliphatic rings. The number of aromatic nitrogens is 1. The van der Waals surface area contributed by atoms with Crippen LogP contribution in [-0.2, 0) is 15.8 Å². The molecule has 0 unspecified atom stereocenters. The summed E-state index contributed by atoms with van der Waals surface area (Å²) >= 11 is 0. The minimum Gasteiger partial charge on any atom is -0.397 e. The summed E-state index contributed by atoms with van der Waals surface area (Å²) in [5.41, 5.74) is 6.70. The number of nitrogens with two attached hydrogens (primary N) is 1. The Kier molecular flexibility index (Phi) is 3.86. The second kappa shape index (κ2) is 5.59. The van der Waals surface area contributed by atoms with Gasteiger partial charge in [0.05, 0.1) is 29.3 Å². The number of rotatable bonds is 4. The van der Waals surface area contributed by atoms with E-state index in [9.17, 15) is 8.42 Å². The molecule has 0 fully saturated rings. The Labute approximate surface area is 116 Å². The number of nitrogens with one attached hydrogen (secondary N) is 1. The molecule has 2 rings (SSSR count). The van der Waals surface area contributed by atoms with Crippen LogP contribution in [0.1, 0.15) is 11.1 Å². The highest BCUT2D eigenvalue weighted by molar-refractivity contribution is 7.91. The van der Waals surface area contributed by atoms with Crippen molar-refractivity contribution in [3.05, 3.63) is 53.7 Å². The van der Waals surface area contributed by atoms with E-state index in [1.807, 2.05) is 6.07 Å². The van der Waals surface area contributed by atoms with Crippen molar-refractivity contribution in [1.82, 2.24) is 4.98 Å². The number of nitriles is 1. The first-order valence-electron chi connectivity index (χ1n) is 5.70. The van der Waals surface area contributed by atoms with Gasteiger partial charge in [-0.3, -0.25) is 4.72 Å². The van der Waals surface area contributed by atoms with E-state index in [-0.39, 0.29) is 11.6 Å². The van der Waals surface area contributed by atoms with Gasteiger partial charge in [0.1, 0.15) is 5.82 Å². The van der Waals surface area contributed by atoms with Gasteiger partial charge in [0.15, 0.2) is 0 Å². The highest BCUT2D eigenvalue weighted by Gasteiger charge is 2.14. The SMILES string of the molecule is N#Cc1ccccc1CS(=O)(=O)Nc1ccc(N)cn1. The van der Waals surface area contributed by atoms with Gasteiger partial charge in [0, 0.05) is 0 Å². The zero-order chi connectivity index (χ0) is 14.6. The molecule has 1 heterocycles. The minimum absolute atomic E-state index is 0.189. The van der Waals surface area contributed by atoms with Crippen molar-refractivity contribution in [2.24, 2.45) is 0 Å². The maximum atomic E-state index is 12.0. The van der Waals surface area contributed by atoms with Crippen molar-refractivity contribution in [1.29, 1.82) is 5.26 Å². The van der Waals surface area contributed by atoms with Gasteiger partial charge in [-0.25, -0.2) is 13.4 Å². The number of benzene rings is 1. The predicted octanol–water partition coefficient (Wildman–Crippen LogP) is 1.48. The molecule has 0 bridgehead atoms. The van der Waals surface area contributed by atoms with Crippen LogP contribution in [0.4, 0.5) is 11.5 Å². The summed E-state index contributed by atoms with van der Waals surface area (Å²) in [6, 6.07) is 11.5. The second-order valence-corrected chi connectivity index (χ2v) is 5.83. The molecule has 0 aliphatic heterocycles. The first kappa shape index (κ1) is 13.8. The van der Waals surface area contributed by atoms with Crippen LogP contribution < -0.4 is 10.5 Å². The summed E-state index contributed by atoms with van der Waals surface area (Å²) in [5.74, 6) is -0.100. The van der Waals surface area contributed by atoms with E-state index in [0.717, 1.165) is 0 Å². The molecular weight excluding hydrogens is 276 g/mol. The molecule has 0 saturated carbocycles. The fourth-order valence-electron chi connectivity index (χ4n) is 1.62. The largest absolute Gasteiger partial charge is 0.397 e. The van der Waals surface area contributed by atoms with Crippen molar-refractivity contribution in [2.45, 2.75) is 5.75 Å². The van der Waals surface area contributed by atoms with Crippen molar-refractivity contribution in [3.63, 3.8) is 0 Å². The normalized spacial score (nSPS) is 10.8. The van der Waals surface area contributed by atoms with E-state index < -0.39 is 10.0 Å². The third kappa shape index (κ3) is 3.46. The van der Waals surface area contributed by atoms with Crippen LogP contribution in [-0.4, -0.2) is 13.4 Å². The molecule has 6 nitrogen and oxygen atoms in total. The molecule has 0 atom stereocenters. The molecule has 1 aromatic carbocycles. The molecule has 1 aromatic heterocycles. The Balaban J connectivity index is 2.19. The number of nitrogen functional groups attached to an aromatic ring is 1. The number of sulfonamides is 1. The van der Waals surface area contributed by atoms with Gasteiger partial charge in [-0.05, 0) is 23.8 Å². The molecule has 0 aliphatic carbocycles. The van der Waals surface area contributed by atoms with Gasteiger partial charge in [0.25, 0.3) is 0 Å². The topological polar surface area (TPSA) is 109 Å². The van der Waals surface area contributed by atoms with Gasteiger partial charge in [-0.2, -0.15) is 5.26 Å². The van der Waals surface area contributed by atoms with Crippen molar-refractivity contribution >= 4 is 21.5 Å². The fourth-order valence-corrected chi connectivity index (χ4v) is 2.79. The van der Waals surface area contributed by atoms with E-state index in [1.165, 1.54) is 12.3 Å². The van der Waals surface area contributed by atoms with E-state index in [4.69, 9.17) is 11.0 Å². The quantitative estimate of drug-likeness (QED) is 0.885. The van der Waals surface area contributed by atoms with E-state index in [2.05, 4.69) is 9.71 Å². The van der Waals surface area contributed by atoms with E-state index >= 15 is 0 Å². The molecule has 0 saturated heterocycles. The molecule has 3 N–H and O–H groups in total. The first-order chi connectivity index (χ1) is 9.50.